The van der Waals surface area contributed by atoms with Gasteiger partial charge in [0.15, 0.2) is 0 Å². The normalized spacial score (nSPS) is 8.87. The van der Waals surface area contributed by atoms with Crippen molar-refractivity contribution in [3.8, 4) is 11.8 Å². The molecule has 0 spiro atoms. The highest BCUT2D eigenvalue weighted by Gasteiger charge is 2.08. The van der Waals surface area contributed by atoms with E-state index in [1.54, 1.807) is 13.0 Å². The van der Waals surface area contributed by atoms with Crippen LogP contribution in [0.15, 0.2) is 18.2 Å². The first-order valence-corrected chi connectivity index (χ1v) is 4.10. The number of carboxylic acid groups (broad SMARTS) is 2. The Morgan fingerprint density at radius 1 is 1.27 bits per heavy atom. The third-order valence-electron chi connectivity index (χ3n) is 1.87. The molecule has 0 fully saturated rings. The summed E-state index contributed by atoms with van der Waals surface area (Å²) >= 11 is 0. The highest BCUT2D eigenvalue weighted by molar-refractivity contribution is 5.91. The van der Waals surface area contributed by atoms with Crippen molar-refractivity contribution in [1.82, 2.24) is 0 Å². The lowest BCUT2D eigenvalue weighted by molar-refractivity contribution is -0.130. The minimum absolute atomic E-state index is 0.132. The molecule has 0 aliphatic rings. The molecule has 15 heavy (non-hydrogen) atoms. The minimum Gasteiger partial charge on any atom is -0.478 e. The average Bonchev–Trinajstić information content (AvgIpc) is 2.15. The van der Waals surface area contributed by atoms with E-state index < -0.39 is 11.9 Å². The Morgan fingerprint density at radius 2 is 1.93 bits per heavy atom. The topological polar surface area (TPSA) is 74.6 Å². The molecule has 0 saturated carbocycles. The summed E-state index contributed by atoms with van der Waals surface area (Å²) in [5, 5.41) is 17.2. The van der Waals surface area contributed by atoms with Crippen molar-refractivity contribution in [3.05, 3.63) is 34.9 Å². The maximum Gasteiger partial charge on any atom is 0.382 e. The Hall–Kier alpha value is -2.28. The van der Waals surface area contributed by atoms with Crippen LogP contribution in [0.5, 0.6) is 0 Å². The third-order valence-corrected chi connectivity index (χ3v) is 1.87. The minimum atomic E-state index is -1.24. The first-order chi connectivity index (χ1) is 7.02. The summed E-state index contributed by atoms with van der Waals surface area (Å²) in [6, 6.07) is 4.56. The van der Waals surface area contributed by atoms with Crippen LogP contribution >= 0.6 is 0 Å². The fourth-order valence-corrected chi connectivity index (χ4v) is 1.12. The van der Waals surface area contributed by atoms with E-state index in [2.05, 4.69) is 5.92 Å². The molecule has 1 aromatic carbocycles. The largest absolute Gasteiger partial charge is 0.478 e. The van der Waals surface area contributed by atoms with Gasteiger partial charge in [-0.3, -0.25) is 0 Å². The van der Waals surface area contributed by atoms with Crippen molar-refractivity contribution in [2.45, 2.75) is 6.92 Å². The number of aliphatic carboxylic acids is 1. The van der Waals surface area contributed by atoms with Crippen molar-refractivity contribution in [1.29, 1.82) is 0 Å². The van der Waals surface area contributed by atoms with Crippen LogP contribution in [0.1, 0.15) is 21.5 Å². The van der Waals surface area contributed by atoms with Gasteiger partial charge < -0.3 is 10.2 Å². The Morgan fingerprint density at radius 3 is 2.47 bits per heavy atom. The third kappa shape index (κ3) is 2.58. The maximum atomic E-state index is 10.7. The number of hydrogen-bond donors (Lipinski definition) is 2. The van der Waals surface area contributed by atoms with E-state index in [1.807, 2.05) is 5.92 Å². The lowest BCUT2D eigenvalue weighted by atomic mass is 10.0. The van der Waals surface area contributed by atoms with Gasteiger partial charge in [0, 0.05) is 11.5 Å². The van der Waals surface area contributed by atoms with Gasteiger partial charge in [-0.1, -0.05) is 12.0 Å². The smallest absolute Gasteiger partial charge is 0.382 e. The first-order valence-electron chi connectivity index (χ1n) is 4.10. The van der Waals surface area contributed by atoms with Crippen LogP contribution in [0, 0.1) is 18.8 Å². The van der Waals surface area contributed by atoms with Crippen LogP contribution in [0.25, 0.3) is 0 Å². The van der Waals surface area contributed by atoms with Gasteiger partial charge in [-0.2, -0.15) is 0 Å². The lowest BCUT2D eigenvalue weighted by Gasteiger charge is -2.01. The number of hydrogen-bond acceptors (Lipinski definition) is 2. The van der Waals surface area contributed by atoms with Crippen molar-refractivity contribution in [2.75, 3.05) is 0 Å². The summed E-state index contributed by atoms with van der Waals surface area (Å²) in [7, 11) is 0. The molecule has 2 N–H and O–H groups in total. The molecular weight excluding hydrogens is 196 g/mol. The lowest BCUT2D eigenvalue weighted by Crippen LogP contribution is -2.01. The van der Waals surface area contributed by atoms with E-state index in [9.17, 15) is 9.59 Å². The summed E-state index contributed by atoms with van der Waals surface area (Å²) in [5.41, 5.74) is 1.02. The molecular formula is C11H8O4. The van der Waals surface area contributed by atoms with Gasteiger partial charge in [0.1, 0.15) is 0 Å². The summed E-state index contributed by atoms with van der Waals surface area (Å²) < 4.78 is 0. The molecule has 0 unspecified atom stereocenters. The molecule has 1 aromatic rings. The van der Waals surface area contributed by atoms with Gasteiger partial charge in [-0.25, -0.2) is 9.59 Å². The van der Waals surface area contributed by atoms with Crippen molar-refractivity contribution in [2.24, 2.45) is 0 Å². The van der Waals surface area contributed by atoms with Crippen molar-refractivity contribution < 1.29 is 19.8 Å². The molecule has 0 aliphatic heterocycles. The van der Waals surface area contributed by atoms with Gasteiger partial charge in [0.2, 0.25) is 0 Å². The van der Waals surface area contributed by atoms with Crippen LogP contribution in [0.4, 0.5) is 0 Å². The van der Waals surface area contributed by atoms with E-state index in [4.69, 9.17) is 10.2 Å². The second-order valence-corrected chi connectivity index (χ2v) is 2.84. The Bertz CT molecular complexity index is 477. The van der Waals surface area contributed by atoms with E-state index in [0.717, 1.165) is 0 Å². The summed E-state index contributed by atoms with van der Waals surface area (Å²) in [6.07, 6.45) is 0. The molecule has 0 aromatic heterocycles. The van der Waals surface area contributed by atoms with Crippen LogP contribution in [0.2, 0.25) is 0 Å². The van der Waals surface area contributed by atoms with Crippen LogP contribution in [0.3, 0.4) is 0 Å². The molecule has 0 heterocycles. The molecule has 76 valence electrons. The zero-order chi connectivity index (χ0) is 11.4. The van der Waals surface area contributed by atoms with Gasteiger partial charge in [-0.05, 0) is 24.6 Å². The molecule has 0 amide bonds. The average molecular weight is 204 g/mol. The van der Waals surface area contributed by atoms with E-state index in [-0.39, 0.29) is 5.56 Å². The predicted molar refractivity (Wildman–Crippen MR) is 52.7 cm³/mol. The Balaban J connectivity index is 3.23. The molecule has 1 rings (SSSR count). The molecule has 4 nitrogen and oxygen atoms in total. The number of carbonyl (C=O) groups is 2. The predicted octanol–water partition coefficient (Wildman–Crippen LogP) is 1.13. The van der Waals surface area contributed by atoms with E-state index >= 15 is 0 Å². The summed E-state index contributed by atoms with van der Waals surface area (Å²) in [5.74, 6) is 2.05. The highest BCUT2D eigenvalue weighted by Crippen LogP contribution is 2.12. The molecule has 0 bridgehead atoms. The van der Waals surface area contributed by atoms with Crippen LogP contribution in [-0.4, -0.2) is 22.2 Å². The van der Waals surface area contributed by atoms with Crippen LogP contribution < -0.4 is 0 Å². The Kier molecular flexibility index (Phi) is 3.09. The molecule has 4 heteroatoms. The number of aromatic carboxylic acids is 1. The zero-order valence-corrected chi connectivity index (χ0v) is 7.94. The van der Waals surface area contributed by atoms with Crippen molar-refractivity contribution >= 4 is 11.9 Å². The van der Waals surface area contributed by atoms with Gasteiger partial charge in [-0.15, -0.1) is 0 Å². The monoisotopic (exact) mass is 204 g/mol. The fraction of sp³-hybridized carbons (Fsp3) is 0.0909. The molecule has 0 atom stereocenters. The number of benzene rings is 1. The fourth-order valence-electron chi connectivity index (χ4n) is 1.12. The van der Waals surface area contributed by atoms with Gasteiger partial charge >= 0.3 is 11.9 Å². The second kappa shape index (κ2) is 4.29. The number of rotatable bonds is 1. The Labute approximate surface area is 86.2 Å². The van der Waals surface area contributed by atoms with Crippen molar-refractivity contribution in [3.63, 3.8) is 0 Å². The number of carboxylic acids is 2. The second-order valence-electron chi connectivity index (χ2n) is 2.84. The summed E-state index contributed by atoms with van der Waals surface area (Å²) in [6.45, 7) is 1.59. The van der Waals surface area contributed by atoms with Gasteiger partial charge in [0.25, 0.3) is 0 Å². The maximum absolute atomic E-state index is 10.7. The highest BCUT2D eigenvalue weighted by atomic mass is 16.4. The SMILES string of the molecule is Cc1c(C#CC(=O)O)cccc1C(=O)O. The quantitative estimate of drug-likeness (QED) is 0.672. The first kappa shape index (κ1) is 10.8. The molecule has 0 radical (unpaired) electrons. The van der Waals surface area contributed by atoms with E-state index in [0.29, 0.717) is 11.1 Å². The molecule has 0 aliphatic carbocycles. The zero-order valence-electron chi connectivity index (χ0n) is 7.94. The summed E-state index contributed by atoms with van der Waals surface area (Å²) in [4.78, 5) is 21.0. The molecule has 0 saturated heterocycles. The van der Waals surface area contributed by atoms with Crippen LogP contribution in [-0.2, 0) is 4.79 Å². The van der Waals surface area contributed by atoms with Gasteiger partial charge in [0.05, 0.1) is 5.56 Å². The standard InChI is InChI=1S/C11H8O4/c1-7-8(5-6-10(12)13)3-2-4-9(7)11(14)15/h2-4H,1H3,(H,12,13)(H,14,15). The van der Waals surface area contributed by atoms with E-state index in [1.165, 1.54) is 12.1 Å².